The van der Waals surface area contributed by atoms with Gasteiger partial charge in [0.05, 0.1) is 12.8 Å². The zero-order chi connectivity index (χ0) is 8.23. The van der Waals surface area contributed by atoms with Gasteiger partial charge in [0.2, 0.25) is 0 Å². The van der Waals surface area contributed by atoms with Gasteiger partial charge < -0.3 is 9.84 Å². The number of nitrogens with zero attached hydrogens (tertiary/aromatic N) is 3. The van der Waals surface area contributed by atoms with Crippen molar-refractivity contribution in [3.05, 3.63) is 36.8 Å². The van der Waals surface area contributed by atoms with Gasteiger partial charge in [-0.15, -0.1) is 10.2 Å². The van der Waals surface area contributed by atoms with Crippen LogP contribution in [0.4, 0.5) is 0 Å². The molecular weight excluding hydrogens is 156 g/mol. The third kappa shape index (κ3) is 1.45. The number of aromatic nitrogens is 3. The van der Waals surface area contributed by atoms with Crippen LogP contribution in [0.1, 0.15) is 5.76 Å². The molecule has 0 saturated carbocycles. The average Bonchev–Trinajstić information content (AvgIpc) is 2.74. The predicted molar refractivity (Wildman–Crippen MR) is 41.8 cm³/mol. The molecule has 0 spiro atoms. The maximum absolute atomic E-state index is 5.12. The first kappa shape index (κ1) is 6.90. The summed E-state index contributed by atoms with van der Waals surface area (Å²) in [6, 6.07) is 3.75. The molecule has 2 aromatic heterocycles. The summed E-state index contributed by atoms with van der Waals surface area (Å²) in [4.78, 5) is 0. The van der Waals surface area contributed by atoms with Gasteiger partial charge in [0.25, 0.3) is 0 Å². The lowest BCUT2D eigenvalue weighted by Crippen LogP contribution is -2.11. The van der Waals surface area contributed by atoms with Crippen molar-refractivity contribution >= 4 is 0 Å². The van der Waals surface area contributed by atoms with E-state index < -0.39 is 0 Å². The van der Waals surface area contributed by atoms with E-state index in [-0.39, 0.29) is 0 Å². The van der Waals surface area contributed by atoms with Crippen molar-refractivity contribution in [3.63, 3.8) is 0 Å². The van der Waals surface area contributed by atoms with Crippen molar-refractivity contribution in [2.45, 2.75) is 6.54 Å². The molecule has 62 valence electrons. The number of rotatable bonds is 3. The fraction of sp³-hybridized carbons (Fsp3) is 0.143. The third-order valence-corrected chi connectivity index (χ3v) is 1.43. The second-order valence-corrected chi connectivity index (χ2v) is 2.28. The maximum atomic E-state index is 5.12. The van der Waals surface area contributed by atoms with Gasteiger partial charge in [-0.25, -0.2) is 4.68 Å². The van der Waals surface area contributed by atoms with Gasteiger partial charge in [0, 0.05) is 0 Å². The first-order valence-corrected chi connectivity index (χ1v) is 3.56. The second kappa shape index (κ2) is 3.08. The van der Waals surface area contributed by atoms with E-state index in [0.29, 0.717) is 6.54 Å². The van der Waals surface area contributed by atoms with Crippen LogP contribution in [0.2, 0.25) is 0 Å². The van der Waals surface area contributed by atoms with Crippen LogP contribution < -0.4 is 5.43 Å². The number of hydrogen-bond acceptors (Lipinski definition) is 4. The molecule has 5 nitrogen and oxygen atoms in total. The number of hydrogen-bond donors (Lipinski definition) is 1. The first-order valence-electron chi connectivity index (χ1n) is 3.56. The minimum atomic E-state index is 0.630. The van der Waals surface area contributed by atoms with Gasteiger partial charge in [-0.05, 0) is 12.1 Å². The largest absolute Gasteiger partial charge is 0.467 e. The van der Waals surface area contributed by atoms with E-state index in [2.05, 4.69) is 15.6 Å². The molecular formula is C7H8N4O. The molecule has 2 rings (SSSR count). The van der Waals surface area contributed by atoms with Crippen molar-refractivity contribution in [2.24, 2.45) is 0 Å². The minimum Gasteiger partial charge on any atom is -0.467 e. The zero-order valence-corrected chi connectivity index (χ0v) is 6.34. The molecule has 0 amide bonds. The molecule has 0 unspecified atom stereocenters. The number of nitrogens with one attached hydrogen (secondary N) is 1. The smallest absolute Gasteiger partial charge is 0.138 e. The Bertz CT molecular complexity index is 279. The Balaban J connectivity index is 1.91. The molecule has 0 saturated heterocycles. The van der Waals surface area contributed by atoms with Crippen LogP contribution in [0.25, 0.3) is 0 Å². The molecule has 12 heavy (non-hydrogen) atoms. The molecule has 0 aliphatic rings. The third-order valence-electron chi connectivity index (χ3n) is 1.43. The second-order valence-electron chi connectivity index (χ2n) is 2.28. The summed E-state index contributed by atoms with van der Waals surface area (Å²) in [5.41, 5.74) is 3.02. The first-order chi connectivity index (χ1) is 5.95. The lowest BCUT2D eigenvalue weighted by molar-refractivity contribution is 0.510. The molecule has 0 fully saturated rings. The Hall–Kier alpha value is -1.78. The van der Waals surface area contributed by atoms with Crippen molar-refractivity contribution < 1.29 is 4.42 Å². The quantitative estimate of drug-likeness (QED) is 0.722. The molecule has 0 aromatic carbocycles. The molecule has 5 heteroatoms. The van der Waals surface area contributed by atoms with Gasteiger partial charge in [-0.2, -0.15) is 0 Å². The molecule has 2 heterocycles. The Morgan fingerprint density at radius 2 is 2.25 bits per heavy atom. The lowest BCUT2D eigenvalue weighted by atomic mass is 10.5. The molecule has 0 atom stereocenters. The molecule has 0 radical (unpaired) electrons. The van der Waals surface area contributed by atoms with Crippen LogP contribution in [0.5, 0.6) is 0 Å². The van der Waals surface area contributed by atoms with Crippen molar-refractivity contribution in [3.8, 4) is 0 Å². The SMILES string of the molecule is c1coc(CNn2cnnc2)c1. The summed E-state index contributed by atoms with van der Waals surface area (Å²) < 4.78 is 6.78. The van der Waals surface area contributed by atoms with Gasteiger partial charge in [0.15, 0.2) is 0 Å². The maximum Gasteiger partial charge on any atom is 0.138 e. The average molecular weight is 164 g/mol. The summed E-state index contributed by atoms with van der Waals surface area (Å²) in [5, 5.41) is 7.28. The Labute approximate surface area is 69.0 Å². The molecule has 1 N–H and O–H groups in total. The van der Waals surface area contributed by atoms with Crippen LogP contribution in [0, 0.1) is 0 Å². The fourth-order valence-electron chi connectivity index (χ4n) is 0.865. The lowest BCUT2D eigenvalue weighted by Gasteiger charge is -2.01. The van der Waals surface area contributed by atoms with E-state index >= 15 is 0 Å². The molecule has 0 bridgehead atoms. The standard InChI is InChI=1S/C7H8N4O/c1-2-7(12-3-1)4-10-11-5-8-9-6-11/h1-3,5-6,10H,4H2. The van der Waals surface area contributed by atoms with Gasteiger partial charge in [-0.3, -0.25) is 0 Å². The van der Waals surface area contributed by atoms with Crippen molar-refractivity contribution in [2.75, 3.05) is 5.43 Å². The van der Waals surface area contributed by atoms with Crippen molar-refractivity contribution in [1.29, 1.82) is 0 Å². The highest BCUT2D eigenvalue weighted by Gasteiger charge is 1.93. The Kier molecular flexibility index (Phi) is 1.77. The molecule has 0 aliphatic carbocycles. The van der Waals surface area contributed by atoms with E-state index in [1.54, 1.807) is 23.6 Å². The molecule has 2 aromatic rings. The fourth-order valence-corrected chi connectivity index (χ4v) is 0.865. The summed E-state index contributed by atoms with van der Waals surface area (Å²) in [5.74, 6) is 0.878. The van der Waals surface area contributed by atoms with Crippen LogP contribution in [-0.4, -0.2) is 14.9 Å². The Morgan fingerprint density at radius 3 is 2.92 bits per heavy atom. The van der Waals surface area contributed by atoms with Crippen LogP contribution in [0.3, 0.4) is 0 Å². The van der Waals surface area contributed by atoms with Crippen molar-refractivity contribution in [1.82, 2.24) is 14.9 Å². The minimum absolute atomic E-state index is 0.630. The topological polar surface area (TPSA) is 55.9 Å². The van der Waals surface area contributed by atoms with E-state index in [1.165, 1.54) is 0 Å². The summed E-state index contributed by atoms with van der Waals surface area (Å²) >= 11 is 0. The highest BCUT2D eigenvalue weighted by Crippen LogP contribution is 1.98. The van der Waals surface area contributed by atoms with Gasteiger partial charge in [-0.1, -0.05) is 0 Å². The van der Waals surface area contributed by atoms with Crippen LogP contribution >= 0.6 is 0 Å². The van der Waals surface area contributed by atoms with Crippen LogP contribution in [-0.2, 0) is 6.54 Å². The summed E-state index contributed by atoms with van der Waals surface area (Å²) in [7, 11) is 0. The monoisotopic (exact) mass is 164 g/mol. The van der Waals surface area contributed by atoms with Gasteiger partial charge in [0.1, 0.15) is 18.4 Å². The van der Waals surface area contributed by atoms with E-state index in [0.717, 1.165) is 5.76 Å². The van der Waals surface area contributed by atoms with E-state index in [4.69, 9.17) is 4.42 Å². The Morgan fingerprint density at radius 1 is 1.42 bits per heavy atom. The highest BCUT2D eigenvalue weighted by atomic mass is 16.3. The van der Waals surface area contributed by atoms with E-state index in [1.807, 2.05) is 12.1 Å². The highest BCUT2D eigenvalue weighted by molar-refractivity contribution is 4.99. The normalized spacial score (nSPS) is 10.0. The summed E-state index contributed by atoms with van der Waals surface area (Å²) in [6.07, 6.45) is 4.81. The van der Waals surface area contributed by atoms with E-state index in [9.17, 15) is 0 Å². The molecule has 0 aliphatic heterocycles. The predicted octanol–water partition coefficient (Wildman–Crippen LogP) is 0.615. The number of furan rings is 1. The zero-order valence-electron chi connectivity index (χ0n) is 6.34. The van der Waals surface area contributed by atoms with Gasteiger partial charge >= 0.3 is 0 Å². The summed E-state index contributed by atoms with van der Waals surface area (Å²) in [6.45, 7) is 0.630. The van der Waals surface area contributed by atoms with Crippen LogP contribution in [0.15, 0.2) is 35.5 Å².